The van der Waals surface area contributed by atoms with E-state index in [1.807, 2.05) is 6.92 Å². The third-order valence-electron chi connectivity index (χ3n) is 5.86. The molecule has 1 aromatic rings. The van der Waals surface area contributed by atoms with Crippen LogP contribution in [-0.4, -0.2) is 53.2 Å². The standard InChI is InChI=1S/C20H25F3N4O2/c1-19(11-17(29)26(2)18(24)25-19)15-7-4-8-27(12-15)16(28)10-13-5-3-6-14(9-13)20(21,22)23/h3,5-6,9,15H,4,7-8,10-12H2,1-2H3,(H2,24,25)/t15?,19-/m0/s1. The maximum absolute atomic E-state index is 12.9. The van der Waals surface area contributed by atoms with Crippen molar-refractivity contribution in [2.75, 3.05) is 20.1 Å². The number of aliphatic imine (C=N–C) groups is 1. The second-order valence-corrected chi connectivity index (χ2v) is 8.01. The number of amides is 2. The van der Waals surface area contributed by atoms with Gasteiger partial charge in [0.2, 0.25) is 11.8 Å². The Balaban J connectivity index is 1.71. The highest BCUT2D eigenvalue weighted by Crippen LogP contribution is 2.36. The van der Waals surface area contributed by atoms with Gasteiger partial charge in [0.25, 0.3) is 0 Å². The van der Waals surface area contributed by atoms with E-state index in [4.69, 9.17) is 5.73 Å². The van der Waals surface area contributed by atoms with Crippen molar-refractivity contribution >= 4 is 17.8 Å². The summed E-state index contributed by atoms with van der Waals surface area (Å²) in [6.07, 6.45) is -2.78. The molecule has 0 aromatic heterocycles. The fourth-order valence-corrected chi connectivity index (χ4v) is 4.02. The molecule has 1 fully saturated rings. The molecular weight excluding hydrogens is 385 g/mol. The van der Waals surface area contributed by atoms with Crippen LogP contribution in [0, 0.1) is 5.92 Å². The molecule has 6 nitrogen and oxygen atoms in total. The molecule has 2 heterocycles. The lowest BCUT2D eigenvalue weighted by Gasteiger charge is -2.43. The van der Waals surface area contributed by atoms with E-state index < -0.39 is 17.3 Å². The van der Waals surface area contributed by atoms with Gasteiger partial charge in [0.05, 0.1) is 23.9 Å². The van der Waals surface area contributed by atoms with Gasteiger partial charge in [-0.3, -0.25) is 14.5 Å². The van der Waals surface area contributed by atoms with Crippen molar-refractivity contribution in [3.63, 3.8) is 0 Å². The Bertz CT molecular complexity index is 839. The van der Waals surface area contributed by atoms with E-state index in [1.54, 1.807) is 11.9 Å². The molecule has 2 aliphatic rings. The highest BCUT2D eigenvalue weighted by atomic mass is 19.4. The number of hydrogen-bond donors (Lipinski definition) is 1. The van der Waals surface area contributed by atoms with Crippen LogP contribution in [0.15, 0.2) is 29.3 Å². The summed E-state index contributed by atoms with van der Waals surface area (Å²) in [6, 6.07) is 4.84. The van der Waals surface area contributed by atoms with Crippen LogP contribution in [0.4, 0.5) is 13.2 Å². The smallest absolute Gasteiger partial charge is 0.369 e. The Morgan fingerprint density at radius 2 is 2.10 bits per heavy atom. The van der Waals surface area contributed by atoms with Gasteiger partial charge in [-0.25, -0.2) is 4.99 Å². The molecule has 0 aliphatic carbocycles. The number of rotatable bonds is 3. The predicted molar refractivity (Wildman–Crippen MR) is 102 cm³/mol. The number of benzene rings is 1. The van der Waals surface area contributed by atoms with Crippen molar-refractivity contribution in [3.05, 3.63) is 35.4 Å². The fourth-order valence-electron chi connectivity index (χ4n) is 4.02. The molecule has 0 spiro atoms. The van der Waals surface area contributed by atoms with Crippen molar-refractivity contribution in [1.29, 1.82) is 0 Å². The number of likely N-dealkylation sites (tertiary alicyclic amines) is 1. The normalized spacial score (nSPS) is 25.8. The van der Waals surface area contributed by atoms with Gasteiger partial charge in [-0.05, 0) is 31.4 Å². The van der Waals surface area contributed by atoms with Crippen molar-refractivity contribution in [2.45, 2.75) is 44.3 Å². The largest absolute Gasteiger partial charge is 0.416 e. The van der Waals surface area contributed by atoms with Gasteiger partial charge in [0.1, 0.15) is 0 Å². The number of nitrogens with zero attached hydrogens (tertiary/aromatic N) is 3. The molecule has 1 saturated heterocycles. The molecule has 0 bridgehead atoms. The first-order valence-corrected chi connectivity index (χ1v) is 9.55. The van der Waals surface area contributed by atoms with Crippen LogP contribution in [0.25, 0.3) is 0 Å². The highest BCUT2D eigenvalue weighted by molar-refractivity contribution is 5.98. The number of nitrogens with two attached hydrogens (primary N) is 1. The van der Waals surface area contributed by atoms with E-state index in [2.05, 4.69) is 4.99 Å². The Hall–Kier alpha value is -2.58. The third-order valence-corrected chi connectivity index (χ3v) is 5.86. The van der Waals surface area contributed by atoms with Crippen LogP contribution in [0.5, 0.6) is 0 Å². The minimum absolute atomic E-state index is 0.0436. The van der Waals surface area contributed by atoms with Crippen molar-refractivity contribution < 1.29 is 22.8 Å². The minimum atomic E-state index is -4.44. The average molecular weight is 410 g/mol. The lowest BCUT2D eigenvalue weighted by Crippen LogP contribution is -2.55. The first-order valence-electron chi connectivity index (χ1n) is 9.55. The first-order chi connectivity index (χ1) is 13.5. The summed E-state index contributed by atoms with van der Waals surface area (Å²) in [5.74, 6) is -0.227. The van der Waals surface area contributed by atoms with Gasteiger partial charge in [-0.1, -0.05) is 18.2 Å². The van der Waals surface area contributed by atoms with E-state index >= 15 is 0 Å². The molecule has 2 atom stereocenters. The second-order valence-electron chi connectivity index (χ2n) is 8.01. The van der Waals surface area contributed by atoms with E-state index in [-0.39, 0.29) is 36.5 Å². The Kier molecular flexibility index (Phi) is 5.60. The van der Waals surface area contributed by atoms with Crippen molar-refractivity contribution in [2.24, 2.45) is 16.6 Å². The summed E-state index contributed by atoms with van der Waals surface area (Å²) in [6.45, 7) is 2.82. The van der Waals surface area contributed by atoms with E-state index in [1.165, 1.54) is 17.0 Å². The van der Waals surface area contributed by atoms with Crippen LogP contribution < -0.4 is 5.73 Å². The van der Waals surface area contributed by atoms with Crippen LogP contribution in [0.2, 0.25) is 0 Å². The summed E-state index contributed by atoms with van der Waals surface area (Å²) < 4.78 is 38.7. The van der Waals surface area contributed by atoms with Gasteiger partial charge >= 0.3 is 6.18 Å². The first kappa shape index (κ1) is 21.1. The molecule has 3 rings (SSSR count). The van der Waals surface area contributed by atoms with Gasteiger partial charge < -0.3 is 10.6 Å². The van der Waals surface area contributed by atoms with Crippen LogP contribution in [0.3, 0.4) is 0 Å². The van der Waals surface area contributed by atoms with E-state index in [0.717, 1.165) is 25.0 Å². The van der Waals surface area contributed by atoms with Gasteiger partial charge in [0, 0.05) is 26.1 Å². The molecule has 1 unspecified atom stereocenters. The van der Waals surface area contributed by atoms with Crippen LogP contribution in [0.1, 0.15) is 37.3 Å². The summed E-state index contributed by atoms with van der Waals surface area (Å²) in [7, 11) is 1.58. The molecule has 1 aromatic carbocycles. The molecular formula is C20H25F3N4O2. The van der Waals surface area contributed by atoms with Gasteiger partial charge in [-0.15, -0.1) is 0 Å². The lowest BCUT2D eigenvalue weighted by atomic mass is 9.77. The number of carbonyl (C=O) groups is 2. The zero-order valence-electron chi connectivity index (χ0n) is 16.5. The Morgan fingerprint density at radius 1 is 1.38 bits per heavy atom. The lowest BCUT2D eigenvalue weighted by molar-refractivity contribution is -0.138. The number of guanidine groups is 1. The quantitative estimate of drug-likeness (QED) is 0.831. The summed E-state index contributed by atoms with van der Waals surface area (Å²) >= 11 is 0. The maximum Gasteiger partial charge on any atom is 0.416 e. The minimum Gasteiger partial charge on any atom is -0.369 e. The molecule has 0 saturated carbocycles. The molecule has 158 valence electrons. The number of carbonyl (C=O) groups excluding carboxylic acids is 2. The average Bonchev–Trinajstić information content (AvgIpc) is 2.66. The fraction of sp³-hybridized carbons (Fsp3) is 0.550. The number of halogens is 3. The summed E-state index contributed by atoms with van der Waals surface area (Å²) in [4.78, 5) is 32.5. The predicted octanol–water partition coefficient (Wildman–Crippen LogP) is 2.42. The molecule has 0 radical (unpaired) electrons. The van der Waals surface area contributed by atoms with Crippen LogP contribution >= 0.6 is 0 Å². The van der Waals surface area contributed by atoms with Crippen LogP contribution in [-0.2, 0) is 22.2 Å². The summed E-state index contributed by atoms with van der Waals surface area (Å²) in [5.41, 5.74) is 4.75. The second kappa shape index (κ2) is 7.68. The molecule has 9 heteroatoms. The molecule has 2 aliphatic heterocycles. The Morgan fingerprint density at radius 3 is 2.76 bits per heavy atom. The third kappa shape index (κ3) is 4.54. The Labute approximate surface area is 167 Å². The zero-order valence-corrected chi connectivity index (χ0v) is 16.5. The number of hydrogen-bond acceptors (Lipinski definition) is 4. The number of piperidine rings is 1. The monoisotopic (exact) mass is 410 g/mol. The van der Waals surface area contributed by atoms with Gasteiger partial charge in [0.15, 0.2) is 5.96 Å². The summed E-state index contributed by atoms with van der Waals surface area (Å²) in [5, 5.41) is 0. The molecule has 29 heavy (non-hydrogen) atoms. The topological polar surface area (TPSA) is 79.0 Å². The van der Waals surface area contributed by atoms with Gasteiger partial charge in [-0.2, -0.15) is 13.2 Å². The maximum atomic E-state index is 12.9. The SMILES string of the molecule is CN1C(=O)C[C@@](C)(C2CCCN(C(=O)Cc3cccc(C(F)(F)F)c3)C2)N=C1N. The zero-order chi connectivity index (χ0) is 21.4. The van der Waals surface area contributed by atoms with Crippen molar-refractivity contribution in [1.82, 2.24) is 9.80 Å². The van der Waals surface area contributed by atoms with E-state index in [0.29, 0.717) is 18.7 Å². The highest BCUT2D eigenvalue weighted by Gasteiger charge is 2.43. The molecule has 2 N–H and O–H groups in total. The number of alkyl halides is 3. The molecule has 2 amide bonds. The van der Waals surface area contributed by atoms with Crippen molar-refractivity contribution in [3.8, 4) is 0 Å². The van der Waals surface area contributed by atoms with E-state index in [9.17, 15) is 22.8 Å².